The summed E-state index contributed by atoms with van der Waals surface area (Å²) in [5.74, 6) is 0.629. The summed E-state index contributed by atoms with van der Waals surface area (Å²) in [7, 11) is 0. The van der Waals surface area contributed by atoms with Gasteiger partial charge in [-0.2, -0.15) is 0 Å². The SMILES string of the molecule is NC(=O)c1ccc(Oc2ccc(CNCC3CCCCO3)c3ccccc23)nc1. The number of rotatable bonds is 7. The van der Waals surface area contributed by atoms with Crippen molar-refractivity contribution in [2.75, 3.05) is 13.2 Å². The zero-order chi connectivity index (χ0) is 20.1. The largest absolute Gasteiger partial charge is 0.438 e. The molecule has 6 heteroatoms. The van der Waals surface area contributed by atoms with Crippen LogP contribution in [0.2, 0.25) is 0 Å². The Hall–Kier alpha value is -2.96. The Bertz CT molecular complexity index is 982. The fourth-order valence-corrected chi connectivity index (χ4v) is 3.61. The predicted octanol–water partition coefficient (Wildman–Crippen LogP) is 3.78. The Morgan fingerprint density at radius 1 is 1.14 bits per heavy atom. The highest BCUT2D eigenvalue weighted by molar-refractivity contribution is 5.92. The van der Waals surface area contributed by atoms with Crippen LogP contribution in [-0.4, -0.2) is 30.1 Å². The van der Waals surface area contributed by atoms with Gasteiger partial charge in [0.15, 0.2) is 0 Å². The lowest BCUT2D eigenvalue weighted by Gasteiger charge is -2.23. The number of aromatic nitrogens is 1. The molecule has 29 heavy (non-hydrogen) atoms. The maximum absolute atomic E-state index is 11.2. The van der Waals surface area contributed by atoms with E-state index in [1.165, 1.54) is 24.6 Å². The molecule has 1 aliphatic heterocycles. The van der Waals surface area contributed by atoms with Crippen LogP contribution in [0.3, 0.4) is 0 Å². The van der Waals surface area contributed by atoms with E-state index in [0.29, 0.717) is 17.5 Å². The Balaban J connectivity index is 1.49. The number of carbonyl (C=O) groups is 1. The molecule has 3 N–H and O–H groups in total. The Kier molecular flexibility index (Phi) is 6.03. The van der Waals surface area contributed by atoms with Crippen molar-refractivity contribution in [2.24, 2.45) is 5.73 Å². The number of hydrogen-bond donors (Lipinski definition) is 2. The van der Waals surface area contributed by atoms with Crippen LogP contribution in [0.5, 0.6) is 11.6 Å². The first-order valence-electron chi connectivity index (χ1n) is 9.97. The lowest BCUT2D eigenvalue weighted by atomic mass is 10.0. The maximum Gasteiger partial charge on any atom is 0.250 e. The molecule has 1 saturated heterocycles. The standard InChI is InChI=1S/C23H25N3O3/c24-23(27)17-9-11-22(26-14-17)29-21-10-8-16(19-6-1-2-7-20(19)21)13-25-15-18-5-3-4-12-28-18/h1-2,6-11,14,18,25H,3-5,12-13,15H2,(H2,24,27). The van der Waals surface area contributed by atoms with E-state index in [2.05, 4.69) is 22.4 Å². The van der Waals surface area contributed by atoms with Gasteiger partial charge in [0.2, 0.25) is 11.8 Å². The van der Waals surface area contributed by atoms with Gasteiger partial charge in [-0.15, -0.1) is 0 Å². The van der Waals surface area contributed by atoms with Gasteiger partial charge in [-0.05, 0) is 42.3 Å². The first kappa shape index (κ1) is 19.4. The number of benzene rings is 2. The van der Waals surface area contributed by atoms with Crippen molar-refractivity contribution >= 4 is 16.7 Å². The number of nitrogens with one attached hydrogen (secondary N) is 1. The molecule has 6 nitrogen and oxygen atoms in total. The highest BCUT2D eigenvalue weighted by Gasteiger charge is 2.14. The van der Waals surface area contributed by atoms with E-state index in [1.807, 2.05) is 24.3 Å². The molecule has 4 rings (SSSR count). The van der Waals surface area contributed by atoms with Crippen LogP contribution < -0.4 is 15.8 Å². The molecule has 1 fully saturated rings. The molecule has 0 bridgehead atoms. The quantitative estimate of drug-likeness (QED) is 0.640. The summed E-state index contributed by atoms with van der Waals surface area (Å²) in [6, 6.07) is 15.4. The predicted molar refractivity (Wildman–Crippen MR) is 112 cm³/mol. The highest BCUT2D eigenvalue weighted by Crippen LogP contribution is 2.31. The van der Waals surface area contributed by atoms with Crippen molar-refractivity contribution in [1.29, 1.82) is 0 Å². The van der Waals surface area contributed by atoms with E-state index in [1.54, 1.807) is 12.1 Å². The zero-order valence-corrected chi connectivity index (χ0v) is 16.3. The first-order chi connectivity index (χ1) is 14.2. The molecule has 0 aliphatic carbocycles. The van der Waals surface area contributed by atoms with Gasteiger partial charge in [0.05, 0.1) is 11.7 Å². The molecular weight excluding hydrogens is 366 g/mol. The topological polar surface area (TPSA) is 86.5 Å². The molecule has 2 aromatic carbocycles. The van der Waals surface area contributed by atoms with Crippen molar-refractivity contribution in [3.63, 3.8) is 0 Å². The summed E-state index contributed by atoms with van der Waals surface area (Å²) in [5, 5.41) is 5.68. The molecule has 2 heterocycles. The lowest BCUT2D eigenvalue weighted by Crippen LogP contribution is -2.31. The van der Waals surface area contributed by atoms with Crippen LogP contribution in [0.15, 0.2) is 54.7 Å². The van der Waals surface area contributed by atoms with Gasteiger partial charge in [-0.25, -0.2) is 4.98 Å². The monoisotopic (exact) mass is 391 g/mol. The van der Waals surface area contributed by atoms with Gasteiger partial charge in [-0.1, -0.05) is 30.3 Å². The summed E-state index contributed by atoms with van der Waals surface area (Å²) >= 11 is 0. The third-order valence-corrected chi connectivity index (χ3v) is 5.17. The fraction of sp³-hybridized carbons (Fsp3) is 0.304. The van der Waals surface area contributed by atoms with E-state index in [4.69, 9.17) is 15.2 Å². The van der Waals surface area contributed by atoms with Gasteiger partial charge in [0, 0.05) is 37.3 Å². The molecule has 1 aliphatic rings. The minimum atomic E-state index is -0.509. The number of ether oxygens (including phenoxy) is 2. The Morgan fingerprint density at radius 2 is 2.00 bits per heavy atom. The Morgan fingerprint density at radius 3 is 2.72 bits per heavy atom. The second-order valence-corrected chi connectivity index (χ2v) is 7.24. The molecule has 150 valence electrons. The summed E-state index contributed by atoms with van der Waals surface area (Å²) in [6.07, 6.45) is 5.28. The van der Waals surface area contributed by atoms with Crippen molar-refractivity contribution in [3.8, 4) is 11.6 Å². The molecule has 0 spiro atoms. The Labute approximate surface area is 170 Å². The maximum atomic E-state index is 11.2. The third kappa shape index (κ3) is 4.72. The number of fused-ring (bicyclic) bond motifs is 1. The zero-order valence-electron chi connectivity index (χ0n) is 16.3. The summed E-state index contributed by atoms with van der Waals surface area (Å²) in [6.45, 7) is 2.50. The normalized spacial score (nSPS) is 16.6. The molecule has 1 aromatic heterocycles. The summed E-state index contributed by atoms with van der Waals surface area (Å²) in [4.78, 5) is 15.4. The van der Waals surface area contributed by atoms with Crippen molar-refractivity contribution in [2.45, 2.75) is 31.9 Å². The second kappa shape index (κ2) is 9.03. The van der Waals surface area contributed by atoms with Gasteiger partial charge in [-0.3, -0.25) is 4.79 Å². The number of primary amides is 1. The van der Waals surface area contributed by atoms with Gasteiger partial charge >= 0.3 is 0 Å². The molecule has 0 radical (unpaired) electrons. The van der Waals surface area contributed by atoms with E-state index in [-0.39, 0.29) is 0 Å². The smallest absolute Gasteiger partial charge is 0.250 e. The molecular formula is C23H25N3O3. The van der Waals surface area contributed by atoms with E-state index in [0.717, 1.165) is 42.6 Å². The van der Waals surface area contributed by atoms with Crippen LogP contribution in [0.25, 0.3) is 10.8 Å². The number of nitrogens with two attached hydrogens (primary N) is 1. The van der Waals surface area contributed by atoms with Crippen LogP contribution in [0.4, 0.5) is 0 Å². The number of amides is 1. The lowest BCUT2D eigenvalue weighted by molar-refractivity contribution is 0.0168. The first-order valence-corrected chi connectivity index (χ1v) is 9.97. The molecule has 1 atom stereocenters. The van der Waals surface area contributed by atoms with Crippen LogP contribution in [-0.2, 0) is 11.3 Å². The molecule has 0 saturated carbocycles. The number of carbonyl (C=O) groups excluding carboxylic acids is 1. The molecule has 3 aromatic rings. The van der Waals surface area contributed by atoms with Crippen molar-refractivity contribution < 1.29 is 14.3 Å². The highest BCUT2D eigenvalue weighted by atomic mass is 16.5. The van der Waals surface area contributed by atoms with Crippen molar-refractivity contribution in [1.82, 2.24) is 10.3 Å². The average Bonchev–Trinajstić information content (AvgIpc) is 2.76. The van der Waals surface area contributed by atoms with E-state index < -0.39 is 5.91 Å². The number of hydrogen-bond acceptors (Lipinski definition) is 5. The number of nitrogens with zero attached hydrogens (tertiary/aromatic N) is 1. The average molecular weight is 391 g/mol. The summed E-state index contributed by atoms with van der Waals surface area (Å²) < 4.78 is 11.8. The summed E-state index contributed by atoms with van der Waals surface area (Å²) in [5.41, 5.74) is 6.82. The van der Waals surface area contributed by atoms with E-state index in [9.17, 15) is 4.79 Å². The van der Waals surface area contributed by atoms with E-state index >= 15 is 0 Å². The van der Waals surface area contributed by atoms with Crippen LogP contribution in [0, 0.1) is 0 Å². The minimum Gasteiger partial charge on any atom is -0.438 e. The second-order valence-electron chi connectivity index (χ2n) is 7.24. The van der Waals surface area contributed by atoms with Gasteiger partial charge in [0.1, 0.15) is 5.75 Å². The fourth-order valence-electron chi connectivity index (χ4n) is 3.61. The van der Waals surface area contributed by atoms with Crippen molar-refractivity contribution in [3.05, 3.63) is 65.9 Å². The van der Waals surface area contributed by atoms with Crippen LogP contribution >= 0.6 is 0 Å². The minimum absolute atomic E-state index is 0.312. The van der Waals surface area contributed by atoms with Crippen LogP contribution in [0.1, 0.15) is 35.2 Å². The van der Waals surface area contributed by atoms with Gasteiger partial charge in [0.25, 0.3) is 0 Å². The molecule has 1 amide bonds. The third-order valence-electron chi connectivity index (χ3n) is 5.17. The van der Waals surface area contributed by atoms with Gasteiger partial charge < -0.3 is 20.5 Å². The molecule has 1 unspecified atom stereocenters. The number of pyridine rings is 1.